The number of nitrogens with zero attached hydrogens (tertiary/aromatic N) is 2. The van der Waals surface area contributed by atoms with E-state index in [-0.39, 0.29) is 18.9 Å². The van der Waals surface area contributed by atoms with Gasteiger partial charge < -0.3 is 4.74 Å². The molecule has 1 heterocycles. The van der Waals surface area contributed by atoms with Gasteiger partial charge in [-0.2, -0.15) is 0 Å². The van der Waals surface area contributed by atoms with Crippen LogP contribution in [0, 0.1) is 0 Å². The third kappa shape index (κ3) is 4.24. The zero-order valence-corrected chi connectivity index (χ0v) is 11.7. The van der Waals surface area contributed by atoms with Crippen molar-refractivity contribution in [1.29, 1.82) is 0 Å². The van der Waals surface area contributed by atoms with Gasteiger partial charge in [-0.1, -0.05) is 30.3 Å². The number of amides is 3. The number of rotatable bonds is 4. The largest absolute Gasteiger partial charge is 0.455 e. The summed E-state index contributed by atoms with van der Waals surface area (Å²) in [6.45, 7) is 1.29. The Balaban J connectivity index is 1.93. The van der Waals surface area contributed by atoms with Crippen LogP contribution >= 0.6 is 0 Å². The van der Waals surface area contributed by atoms with E-state index in [0.29, 0.717) is 6.42 Å². The first-order valence-corrected chi connectivity index (χ1v) is 6.66. The van der Waals surface area contributed by atoms with Crippen LogP contribution < -0.4 is 0 Å². The molecule has 1 unspecified atom stereocenters. The Morgan fingerprint density at radius 3 is 2.71 bits per heavy atom. The van der Waals surface area contributed by atoms with Gasteiger partial charge in [-0.3, -0.25) is 14.5 Å². The summed E-state index contributed by atoms with van der Waals surface area (Å²) >= 11 is 0. The molecule has 6 heteroatoms. The Kier molecular flexibility index (Phi) is 4.81. The summed E-state index contributed by atoms with van der Waals surface area (Å²) in [4.78, 5) is 39.3. The van der Waals surface area contributed by atoms with Crippen molar-refractivity contribution in [1.82, 2.24) is 4.90 Å². The summed E-state index contributed by atoms with van der Waals surface area (Å²) in [6.07, 6.45) is 1.34. The number of aliphatic imine (C=N–C) groups is 1. The number of carbonyl (C=O) groups excluding carboxylic acids is 3. The number of ether oxygens (including phenoxy) is 1. The summed E-state index contributed by atoms with van der Waals surface area (Å²) in [5.41, 5.74) is 1.02. The van der Waals surface area contributed by atoms with Gasteiger partial charge in [0, 0.05) is 13.3 Å². The zero-order valence-electron chi connectivity index (χ0n) is 11.7. The molecule has 1 aromatic carbocycles. The van der Waals surface area contributed by atoms with Crippen molar-refractivity contribution in [3.8, 4) is 0 Å². The van der Waals surface area contributed by atoms with E-state index in [2.05, 4.69) is 4.99 Å². The zero-order chi connectivity index (χ0) is 15.2. The van der Waals surface area contributed by atoms with E-state index in [4.69, 9.17) is 4.74 Å². The maximum atomic E-state index is 12.1. The van der Waals surface area contributed by atoms with Gasteiger partial charge in [0.2, 0.25) is 5.91 Å². The van der Waals surface area contributed by atoms with Crippen molar-refractivity contribution in [3.05, 3.63) is 35.9 Å². The highest BCUT2D eigenvalue weighted by atomic mass is 16.5. The molecule has 2 rings (SSSR count). The number of aryl methyl sites for hydroxylation is 1. The summed E-state index contributed by atoms with van der Waals surface area (Å²) < 4.78 is 4.95. The summed E-state index contributed by atoms with van der Waals surface area (Å²) in [7, 11) is 0. The van der Waals surface area contributed by atoms with E-state index in [0.717, 1.165) is 10.5 Å². The molecule has 0 fully saturated rings. The van der Waals surface area contributed by atoms with Gasteiger partial charge in [-0.25, -0.2) is 9.79 Å². The number of urea groups is 1. The molecule has 21 heavy (non-hydrogen) atoms. The first-order valence-electron chi connectivity index (χ1n) is 6.66. The quantitative estimate of drug-likeness (QED) is 0.788. The van der Waals surface area contributed by atoms with E-state index in [1.54, 1.807) is 0 Å². The van der Waals surface area contributed by atoms with Crippen LogP contribution in [-0.4, -0.2) is 41.7 Å². The maximum Gasteiger partial charge on any atom is 0.350 e. The number of hydrogen-bond donors (Lipinski definition) is 0. The highest BCUT2D eigenvalue weighted by Crippen LogP contribution is 2.10. The molecule has 1 atom stereocenters. The normalized spacial score (nSPS) is 17.7. The lowest BCUT2D eigenvalue weighted by atomic mass is 10.1. The Morgan fingerprint density at radius 2 is 2.05 bits per heavy atom. The van der Waals surface area contributed by atoms with Gasteiger partial charge in [-0.15, -0.1) is 0 Å². The minimum Gasteiger partial charge on any atom is -0.455 e. The van der Waals surface area contributed by atoms with Crippen molar-refractivity contribution >= 4 is 24.1 Å². The smallest absolute Gasteiger partial charge is 0.350 e. The van der Waals surface area contributed by atoms with Crippen molar-refractivity contribution in [3.63, 3.8) is 0 Å². The first-order chi connectivity index (χ1) is 10.1. The average molecular weight is 288 g/mol. The Bertz CT molecular complexity index is 568. The van der Waals surface area contributed by atoms with Gasteiger partial charge >= 0.3 is 12.0 Å². The number of esters is 1. The fraction of sp³-hybridized carbons (Fsp3) is 0.333. The van der Waals surface area contributed by atoms with Crippen LogP contribution in [-0.2, 0) is 20.7 Å². The van der Waals surface area contributed by atoms with Crippen LogP contribution in [0.5, 0.6) is 0 Å². The minimum atomic E-state index is -0.666. The number of imide groups is 1. The standard InChI is InChI=1S/C15H16N2O4/c1-11(18)21-13-9-16-15(20)17(10-13)14(19)8-7-12-5-3-2-4-6-12/h2-6,9,13H,7-8,10H2,1H3. The summed E-state index contributed by atoms with van der Waals surface area (Å²) in [5.74, 6) is -0.796. The molecule has 1 aliphatic heterocycles. The molecule has 0 N–H and O–H groups in total. The monoisotopic (exact) mass is 288 g/mol. The van der Waals surface area contributed by atoms with Crippen molar-refractivity contribution in [2.75, 3.05) is 6.54 Å². The molecule has 1 aromatic rings. The van der Waals surface area contributed by atoms with Crippen LogP contribution in [0.1, 0.15) is 18.9 Å². The highest BCUT2D eigenvalue weighted by Gasteiger charge is 2.28. The number of hydrogen-bond acceptors (Lipinski definition) is 4. The lowest BCUT2D eigenvalue weighted by molar-refractivity contribution is -0.145. The summed E-state index contributed by atoms with van der Waals surface area (Å²) in [5, 5.41) is 0. The van der Waals surface area contributed by atoms with Crippen LogP contribution in [0.25, 0.3) is 0 Å². The molecule has 6 nitrogen and oxygen atoms in total. The minimum absolute atomic E-state index is 0.0233. The van der Waals surface area contributed by atoms with Gasteiger partial charge in [0.15, 0.2) is 6.10 Å². The van der Waals surface area contributed by atoms with E-state index in [9.17, 15) is 14.4 Å². The maximum absolute atomic E-state index is 12.1. The Labute approximate surface area is 122 Å². The van der Waals surface area contributed by atoms with Crippen LogP contribution in [0.15, 0.2) is 35.3 Å². The van der Waals surface area contributed by atoms with Gasteiger partial charge in [-0.05, 0) is 12.0 Å². The third-order valence-corrected chi connectivity index (χ3v) is 3.03. The third-order valence-electron chi connectivity index (χ3n) is 3.03. The van der Waals surface area contributed by atoms with Gasteiger partial charge in [0.05, 0.1) is 12.8 Å². The van der Waals surface area contributed by atoms with Crippen LogP contribution in [0.2, 0.25) is 0 Å². The molecular formula is C15H16N2O4. The predicted octanol–water partition coefficient (Wildman–Crippen LogP) is 1.58. The van der Waals surface area contributed by atoms with Crippen LogP contribution in [0.3, 0.4) is 0 Å². The molecule has 0 radical (unpaired) electrons. The van der Waals surface area contributed by atoms with E-state index < -0.39 is 18.1 Å². The molecule has 0 bridgehead atoms. The van der Waals surface area contributed by atoms with Crippen LogP contribution in [0.4, 0.5) is 4.79 Å². The van der Waals surface area contributed by atoms with Crippen molar-refractivity contribution < 1.29 is 19.1 Å². The second kappa shape index (κ2) is 6.78. The second-order valence-corrected chi connectivity index (χ2v) is 4.70. The highest BCUT2D eigenvalue weighted by molar-refractivity contribution is 6.00. The molecule has 0 aliphatic carbocycles. The Hall–Kier alpha value is -2.50. The number of carbonyl (C=O) groups is 3. The molecule has 0 saturated heterocycles. The lowest BCUT2D eigenvalue weighted by Crippen LogP contribution is -2.45. The predicted molar refractivity (Wildman–Crippen MR) is 75.9 cm³/mol. The Morgan fingerprint density at radius 1 is 1.33 bits per heavy atom. The van der Waals surface area contributed by atoms with Gasteiger partial charge in [0.1, 0.15) is 0 Å². The van der Waals surface area contributed by atoms with E-state index in [1.807, 2.05) is 30.3 Å². The molecule has 1 aliphatic rings. The van der Waals surface area contributed by atoms with Crippen molar-refractivity contribution in [2.24, 2.45) is 4.99 Å². The fourth-order valence-electron chi connectivity index (χ4n) is 2.04. The number of benzene rings is 1. The van der Waals surface area contributed by atoms with Gasteiger partial charge in [0.25, 0.3) is 0 Å². The molecular weight excluding hydrogens is 272 g/mol. The van der Waals surface area contributed by atoms with E-state index >= 15 is 0 Å². The molecule has 0 saturated carbocycles. The first kappa shape index (κ1) is 14.9. The lowest BCUT2D eigenvalue weighted by Gasteiger charge is -2.25. The molecule has 3 amide bonds. The average Bonchev–Trinajstić information content (AvgIpc) is 2.47. The van der Waals surface area contributed by atoms with Crippen molar-refractivity contribution in [2.45, 2.75) is 25.9 Å². The second-order valence-electron chi connectivity index (χ2n) is 4.70. The molecule has 110 valence electrons. The summed E-state index contributed by atoms with van der Waals surface area (Å²) in [6, 6.07) is 8.92. The fourth-order valence-corrected chi connectivity index (χ4v) is 2.04. The van der Waals surface area contributed by atoms with E-state index in [1.165, 1.54) is 13.1 Å². The molecule has 0 aromatic heterocycles. The SMILES string of the molecule is CC(=O)OC1C=NC(=O)N(C(=O)CCc2ccccc2)C1. The topological polar surface area (TPSA) is 76.0 Å². The molecule has 0 spiro atoms.